The van der Waals surface area contributed by atoms with Crippen molar-refractivity contribution in [2.75, 3.05) is 6.54 Å². The molecule has 1 aliphatic rings. The van der Waals surface area contributed by atoms with Gasteiger partial charge in [0.15, 0.2) is 0 Å². The molecule has 0 radical (unpaired) electrons. The fourth-order valence-electron chi connectivity index (χ4n) is 2.33. The molecule has 0 unspecified atom stereocenters. The van der Waals surface area contributed by atoms with Crippen molar-refractivity contribution in [2.24, 2.45) is 5.92 Å². The molecule has 0 aliphatic heterocycles. The first-order chi connectivity index (χ1) is 9.06. The molecule has 1 amide bonds. The molecule has 0 aromatic heterocycles. The van der Waals surface area contributed by atoms with Crippen molar-refractivity contribution in [1.29, 1.82) is 0 Å². The largest absolute Gasteiger partial charge is 0.352 e. The van der Waals surface area contributed by atoms with E-state index in [-0.39, 0.29) is 5.91 Å². The first kappa shape index (κ1) is 15.4. The van der Waals surface area contributed by atoms with E-state index in [0.717, 1.165) is 35.8 Å². The zero-order valence-corrected chi connectivity index (χ0v) is 14.1. The van der Waals surface area contributed by atoms with Crippen LogP contribution in [0.3, 0.4) is 0 Å². The van der Waals surface area contributed by atoms with Crippen LogP contribution in [0.25, 0.3) is 0 Å². The summed E-state index contributed by atoms with van der Waals surface area (Å²) in [4.78, 5) is 12.1. The lowest BCUT2D eigenvalue weighted by Gasteiger charge is -2.25. The summed E-state index contributed by atoms with van der Waals surface area (Å²) in [6.07, 6.45) is 4.30. The van der Waals surface area contributed by atoms with Crippen LogP contribution in [0.5, 0.6) is 0 Å². The van der Waals surface area contributed by atoms with Gasteiger partial charge in [0.05, 0.1) is 5.56 Å². The number of benzene rings is 1. The maximum Gasteiger partial charge on any atom is 0.252 e. The molecule has 0 bridgehead atoms. The smallest absolute Gasteiger partial charge is 0.252 e. The van der Waals surface area contributed by atoms with Gasteiger partial charge in [0, 0.05) is 20.5 Å². The van der Waals surface area contributed by atoms with Gasteiger partial charge in [-0.15, -0.1) is 11.6 Å². The van der Waals surface area contributed by atoms with Crippen LogP contribution in [-0.4, -0.2) is 17.8 Å². The van der Waals surface area contributed by atoms with E-state index in [0.29, 0.717) is 21.9 Å². The predicted molar refractivity (Wildman–Crippen MR) is 88.1 cm³/mol. The van der Waals surface area contributed by atoms with E-state index in [1.165, 1.54) is 0 Å². The minimum absolute atomic E-state index is 0.0418. The maximum atomic E-state index is 12.1. The molecule has 0 saturated heterocycles. The Morgan fingerprint density at radius 1 is 1.32 bits per heavy atom. The summed E-state index contributed by atoms with van der Waals surface area (Å²) in [6, 6.07) is 5.37. The Morgan fingerprint density at radius 2 is 2.00 bits per heavy atom. The number of carbonyl (C=O) groups excluding carboxylic acids is 1. The fraction of sp³-hybridized carbons (Fsp3) is 0.500. The van der Waals surface area contributed by atoms with E-state index in [1.807, 2.05) is 6.07 Å². The first-order valence-electron chi connectivity index (χ1n) is 6.43. The average molecular weight is 412 g/mol. The zero-order valence-electron chi connectivity index (χ0n) is 10.5. The van der Waals surface area contributed by atoms with Crippen LogP contribution in [0.4, 0.5) is 0 Å². The Bertz CT molecular complexity index is 459. The Hall–Kier alpha value is -0.000000000000000111. The third-order valence-corrected chi connectivity index (χ3v) is 5.11. The maximum absolute atomic E-state index is 12.1. The van der Waals surface area contributed by atoms with Crippen molar-refractivity contribution in [2.45, 2.75) is 31.1 Å². The Labute approximate surface area is 137 Å². The molecule has 2 rings (SSSR count). The van der Waals surface area contributed by atoms with Crippen molar-refractivity contribution in [3.05, 3.63) is 32.4 Å². The summed E-state index contributed by atoms with van der Waals surface area (Å²) in [6.45, 7) is 0.727. The van der Waals surface area contributed by atoms with E-state index >= 15 is 0 Å². The number of halogens is 3. The van der Waals surface area contributed by atoms with E-state index in [2.05, 4.69) is 27.9 Å². The minimum Gasteiger partial charge on any atom is -0.352 e. The van der Waals surface area contributed by atoms with Gasteiger partial charge in [-0.05, 0) is 72.4 Å². The summed E-state index contributed by atoms with van der Waals surface area (Å²) in [5.74, 6) is 0.510. The summed E-state index contributed by atoms with van der Waals surface area (Å²) in [5, 5.41) is 3.92. The highest BCUT2D eigenvalue weighted by Gasteiger charge is 2.20. The summed E-state index contributed by atoms with van der Waals surface area (Å²) in [7, 11) is 0. The van der Waals surface area contributed by atoms with Gasteiger partial charge in [-0.25, -0.2) is 0 Å². The molecule has 5 heteroatoms. The molecule has 0 spiro atoms. The molecule has 1 aromatic carbocycles. The van der Waals surface area contributed by atoms with Gasteiger partial charge in [0.1, 0.15) is 0 Å². The van der Waals surface area contributed by atoms with Crippen LogP contribution in [-0.2, 0) is 0 Å². The summed E-state index contributed by atoms with van der Waals surface area (Å²) >= 11 is 14.2. The second-order valence-electron chi connectivity index (χ2n) is 4.95. The highest BCUT2D eigenvalue weighted by molar-refractivity contribution is 14.1. The molecule has 1 N–H and O–H groups in total. The van der Waals surface area contributed by atoms with E-state index in [1.54, 1.807) is 12.1 Å². The predicted octanol–water partition coefficient (Wildman–Crippen LogP) is 4.47. The Balaban J connectivity index is 1.89. The van der Waals surface area contributed by atoms with Gasteiger partial charge in [-0.3, -0.25) is 4.79 Å². The van der Waals surface area contributed by atoms with E-state index in [4.69, 9.17) is 23.2 Å². The van der Waals surface area contributed by atoms with Crippen LogP contribution >= 0.6 is 45.8 Å². The molecular weight excluding hydrogens is 396 g/mol. The highest BCUT2D eigenvalue weighted by atomic mass is 127. The molecule has 1 aromatic rings. The fourth-order valence-corrected chi connectivity index (χ4v) is 3.33. The number of amides is 1. The van der Waals surface area contributed by atoms with Crippen molar-refractivity contribution in [3.8, 4) is 0 Å². The van der Waals surface area contributed by atoms with Crippen LogP contribution in [0, 0.1) is 9.49 Å². The topological polar surface area (TPSA) is 29.1 Å². The standard InChI is InChI=1S/C14H16Cl2INO/c15-10-3-1-9(2-4-10)8-18-14(19)12-7-11(16)5-6-13(12)17/h5-7,9-10H,1-4,8H2,(H,18,19). The van der Waals surface area contributed by atoms with Crippen molar-refractivity contribution >= 4 is 51.7 Å². The normalized spacial score (nSPS) is 23.1. The lowest BCUT2D eigenvalue weighted by Crippen LogP contribution is -2.31. The number of hydrogen-bond donors (Lipinski definition) is 1. The van der Waals surface area contributed by atoms with Crippen LogP contribution in [0.15, 0.2) is 18.2 Å². The average Bonchev–Trinajstić information content (AvgIpc) is 2.40. The molecule has 0 heterocycles. The Morgan fingerprint density at radius 3 is 2.68 bits per heavy atom. The summed E-state index contributed by atoms with van der Waals surface area (Å²) in [5.41, 5.74) is 0.652. The van der Waals surface area contributed by atoms with Gasteiger partial charge < -0.3 is 5.32 Å². The SMILES string of the molecule is O=C(NCC1CCC(Cl)CC1)c1cc(Cl)ccc1I. The van der Waals surface area contributed by atoms with Crippen molar-refractivity contribution in [3.63, 3.8) is 0 Å². The van der Waals surface area contributed by atoms with Gasteiger partial charge in [-0.2, -0.15) is 0 Å². The van der Waals surface area contributed by atoms with Crippen LogP contribution in [0.2, 0.25) is 5.02 Å². The molecule has 1 aliphatic carbocycles. The lowest BCUT2D eigenvalue weighted by molar-refractivity contribution is 0.0943. The minimum atomic E-state index is -0.0418. The quantitative estimate of drug-likeness (QED) is 0.576. The second-order valence-corrected chi connectivity index (χ2v) is 7.17. The number of carbonyl (C=O) groups is 1. The van der Waals surface area contributed by atoms with E-state index in [9.17, 15) is 4.79 Å². The first-order valence-corrected chi connectivity index (χ1v) is 8.33. The van der Waals surface area contributed by atoms with Gasteiger partial charge in [0.2, 0.25) is 0 Å². The number of alkyl halides is 1. The molecule has 104 valence electrons. The number of rotatable bonds is 3. The lowest BCUT2D eigenvalue weighted by atomic mass is 9.89. The zero-order chi connectivity index (χ0) is 13.8. The molecular formula is C14H16Cl2INO. The molecule has 2 nitrogen and oxygen atoms in total. The van der Waals surface area contributed by atoms with Gasteiger partial charge in [0.25, 0.3) is 5.91 Å². The number of nitrogens with one attached hydrogen (secondary N) is 1. The molecule has 1 saturated carbocycles. The van der Waals surface area contributed by atoms with Crippen LogP contribution in [0.1, 0.15) is 36.0 Å². The number of hydrogen-bond acceptors (Lipinski definition) is 1. The van der Waals surface area contributed by atoms with Gasteiger partial charge in [-0.1, -0.05) is 11.6 Å². The summed E-state index contributed by atoms with van der Waals surface area (Å²) < 4.78 is 0.920. The highest BCUT2D eigenvalue weighted by Crippen LogP contribution is 2.27. The third-order valence-electron chi connectivity index (χ3n) is 3.50. The van der Waals surface area contributed by atoms with Crippen molar-refractivity contribution in [1.82, 2.24) is 5.32 Å². The molecule has 0 atom stereocenters. The monoisotopic (exact) mass is 411 g/mol. The van der Waals surface area contributed by atoms with Crippen LogP contribution < -0.4 is 5.32 Å². The Kier molecular flexibility index (Phi) is 5.78. The van der Waals surface area contributed by atoms with Gasteiger partial charge >= 0.3 is 0 Å². The van der Waals surface area contributed by atoms with Crippen molar-refractivity contribution < 1.29 is 4.79 Å². The third kappa shape index (κ3) is 4.50. The second kappa shape index (κ2) is 7.14. The molecule has 1 fully saturated rings. The molecule has 19 heavy (non-hydrogen) atoms. The van der Waals surface area contributed by atoms with E-state index < -0.39 is 0 Å².